The van der Waals surface area contributed by atoms with Gasteiger partial charge in [-0.1, -0.05) is 13.8 Å². The maximum atomic E-state index is 10.0. The average molecular weight is 208 g/mol. The maximum Gasteiger partial charge on any atom is 0.108 e. The van der Waals surface area contributed by atoms with Crippen molar-refractivity contribution in [1.82, 2.24) is 9.55 Å². The minimum Gasteiger partial charge on any atom is -0.391 e. The molecule has 0 radical (unpaired) electrons. The van der Waals surface area contributed by atoms with Crippen LogP contribution in [-0.4, -0.2) is 20.8 Å². The lowest BCUT2D eigenvalue weighted by Gasteiger charge is -2.33. The number of rotatable bonds is 2. The summed E-state index contributed by atoms with van der Waals surface area (Å²) >= 11 is 0. The molecule has 1 heterocycles. The largest absolute Gasteiger partial charge is 0.391 e. The highest BCUT2D eigenvalue weighted by Gasteiger charge is 2.29. The Kier molecular flexibility index (Phi) is 3.10. The Morgan fingerprint density at radius 2 is 2.33 bits per heavy atom. The fourth-order valence-electron chi connectivity index (χ4n) is 2.55. The van der Waals surface area contributed by atoms with Crippen LogP contribution in [-0.2, 0) is 6.42 Å². The van der Waals surface area contributed by atoms with Crippen LogP contribution in [0.5, 0.6) is 0 Å². The van der Waals surface area contributed by atoms with Gasteiger partial charge in [0.15, 0.2) is 0 Å². The van der Waals surface area contributed by atoms with Crippen molar-refractivity contribution >= 4 is 0 Å². The summed E-state index contributed by atoms with van der Waals surface area (Å²) in [4.78, 5) is 4.32. The maximum absolute atomic E-state index is 10.0. The van der Waals surface area contributed by atoms with Crippen LogP contribution < -0.4 is 0 Å². The summed E-state index contributed by atoms with van der Waals surface area (Å²) in [5.74, 6) is 1.80. The highest BCUT2D eigenvalue weighted by molar-refractivity contribution is 4.98. The first-order valence-corrected chi connectivity index (χ1v) is 5.92. The molecular weight excluding hydrogens is 188 g/mol. The van der Waals surface area contributed by atoms with Crippen LogP contribution in [0.1, 0.15) is 45.0 Å². The lowest BCUT2D eigenvalue weighted by molar-refractivity contribution is 0.0564. The number of aromatic nitrogens is 2. The lowest BCUT2D eigenvalue weighted by Crippen LogP contribution is -2.31. The highest BCUT2D eigenvalue weighted by Crippen LogP contribution is 2.33. The van der Waals surface area contributed by atoms with Crippen LogP contribution in [0, 0.1) is 5.92 Å². The van der Waals surface area contributed by atoms with Crippen LogP contribution in [0.4, 0.5) is 0 Å². The Balaban J connectivity index is 2.20. The van der Waals surface area contributed by atoms with Gasteiger partial charge in [-0.25, -0.2) is 4.98 Å². The topological polar surface area (TPSA) is 38.0 Å². The number of hydrogen-bond donors (Lipinski definition) is 1. The van der Waals surface area contributed by atoms with E-state index in [1.807, 2.05) is 12.4 Å². The predicted molar refractivity (Wildman–Crippen MR) is 59.7 cm³/mol. The molecule has 1 saturated carbocycles. The first kappa shape index (κ1) is 10.7. The minimum atomic E-state index is -0.194. The van der Waals surface area contributed by atoms with Gasteiger partial charge in [-0.3, -0.25) is 0 Å². The Hall–Kier alpha value is -0.830. The van der Waals surface area contributed by atoms with Crippen molar-refractivity contribution in [2.75, 3.05) is 0 Å². The van der Waals surface area contributed by atoms with Crippen molar-refractivity contribution in [2.45, 2.75) is 51.7 Å². The molecule has 0 amide bonds. The molecule has 0 saturated heterocycles. The third-order valence-electron chi connectivity index (χ3n) is 3.47. The van der Waals surface area contributed by atoms with Gasteiger partial charge in [0.1, 0.15) is 5.82 Å². The third-order valence-corrected chi connectivity index (χ3v) is 3.47. The van der Waals surface area contributed by atoms with Crippen molar-refractivity contribution in [3.8, 4) is 0 Å². The first-order valence-electron chi connectivity index (χ1n) is 5.92. The second kappa shape index (κ2) is 4.35. The summed E-state index contributed by atoms with van der Waals surface area (Å²) in [6.07, 6.45) is 7.73. The molecule has 3 nitrogen and oxygen atoms in total. The zero-order valence-electron chi connectivity index (χ0n) is 9.56. The molecule has 0 aliphatic heterocycles. The van der Waals surface area contributed by atoms with Gasteiger partial charge in [0.05, 0.1) is 12.1 Å². The van der Waals surface area contributed by atoms with Gasteiger partial charge in [-0.05, 0) is 25.2 Å². The quantitative estimate of drug-likeness (QED) is 0.809. The summed E-state index contributed by atoms with van der Waals surface area (Å²) in [6, 6.07) is 0.242. The molecule has 84 valence electrons. The van der Waals surface area contributed by atoms with Crippen molar-refractivity contribution in [3.05, 3.63) is 18.2 Å². The molecule has 1 aromatic rings. The zero-order valence-corrected chi connectivity index (χ0v) is 9.56. The normalized spacial score (nSPS) is 31.8. The van der Waals surface area contributed by atoms with E-state index >= 15 is 0 Å². The number of aryl methyl sites for hydroxylation is 1. The summed E-state index contributed by atoms with van der Waals surface area (Å²) in [5, 5.41) is 10.0. The van der Waals surface area contributed by atoms with E-state index in [0.717, 1.165) is 31.5 Å². The van der Waals surface area contributed by atoms with E-state index in [4.69, 9.17) is 0 Å². The standard InChI is InChI=1S/C12H20N2O/c1-3-12-13-6-7-14(12)10-8-9(2)4-5-11(10)15/h6-7,9-11,15H,3-5,8H2,1-2H3. The molecule has 1 aliphatic carbocycles. The van der Waals surface area contributed by atoms with Gasteiger partial charge in [-0.15, -0.1) is 0 Å². The van der Waals surface area contributed by atoms with Crippen LogP contribution in [0.25, 0.3) is 0 Å². The van der Waals surface area contributed by atoms with Crippen molar-refractivity contribution in [1.29, 1.82) is 0 Å². The van der Waals surface area contributed by atoms with Crippen LogP contribution >= 0.6 is 0 Å². The lowest BCUT2D eigenvalue weighted by atomic mass is 9.85. The first-order chi connectivity index (χ1) is 7.22. The van der Waals surface area contributed by atoms with Gasteiger partial charge < -0.3 is 9.67 Å². The van der Waals surface area contributed by atoms with Crippen molar-refractivity contribution in [2.24, 2.45) is 5.92 Å². The zero-order chi connectivity index (χ0) is 10.8. The number of aliphatic hydroxyl groups is 1. The van der Waals surface area contributed by atoms with Gasteiger partial charge in [0.25, 0.3) is 0 Å². The van der Waals surface area contributed by atoms with E-state index in [0.29, 0.717) is 5.92 Å². The Labute approximate surface area is 91.1 Å². The molecule has 2 rings (SSSR count). The second-order valence-corrected chi connectivity index (χ2v) is 4.66. The molecule has 1 aromatic heterocycles. The third kappa shape index (κ3) is 2.07. The van der Waals surface area contributed by atoms with E-state index in [1.165, 1.54) is 0 Å². The molecule has 0 spiro atoms. The van der Waals surface area contributed by atoms with Crippen molar-refractivity contribution < 1.29 is 5.11 Å². The Morgan fingerprint density at radius 1 is 1.53 bits per heavy atom. The molecule has 0 bridgehead atoms. The summed E-state index contributed by atoms with van der Waals surface area (Å²) < 4.78 is 2.17. The molecule has 15 heavy (non-hydrogen) atoms. The van der Waals surface area contributed by atoms with E-state index in [9.17, 15) is 5.11 Å². The summed E-state index contributed by atoms with van der Waals surface area (Å²) in [5.41, 5.74) is 0. The predicted octanol–water partition coefficient (Wildman–Crippen LogP) is 2.17. The number of imidazole rings is 1. The molecular formula is C12H20N2O. The average Bonchev–Trinajstić information content (AvgIpc) is 2.69. The van der Waals surface area contributed by atoms with Gasteiger partial charge in [0, 0.05) is 18.8 Å². The number of nitrogens with zero attached hydrogens (tertiary/aromatic N) is 2. The fraction of sp³-hybridized carbons (Fsp3) is 0.750. The molecule has 1 aliphatic rings. The van der Waals surface area contributed by atoms with E-state index < -0.39 is 0 Å². The Bertz CT molecular complexity index is 321. The molecule has 1 N–H and O–H groups in total. The fourth-order valence-corrected chi connectivity index (χ4v) is 2.55. The smallest absolute Gasteiger partial charge is 0.108 e. The van der Waals surface area contributed by atoms with Gasteiger partial charge in [0.2, 0.25) is 0 Å². The molecule has 1 fully saturated rings. The van der Waals surface area contributed by atoms with Crippen LogP contribution in [0.2, 0.25) is 0 Å². The van der Waals surface area contributed by atoms with Gasteiger partial charge in [-0.2, -0.15) is 0 Å². The van der Waals surface area contributed by atoms with E-state index in [1.54, 1.807) is 0 Å². The molecule has 3 unspecified atom stereocenters. The van der Waals surface area contributed by atoms with E-state index in [2.05, 4.69) is 23.4 Å². The van der Waals surface area contributed by atoms with Crippen molar-refractivity contribution in [3.63, 3.8) is 0 Å². The summed E-state index contributed by atoms with van der Waals surface area (Å²) in [6.45, 7) is 4.37. The monoisotopic (exact) mass is 208 g/mol. The second-order valence-electron chi connectivity index (χ2n) is 4.66. The number of hydrogen-bond acceptors (Lipinski definition) is 2. The summed E-state index contributed by atoms with van der Waals surface area (Å²) in [7, 11) is 0. The highest BCUT2D eigenvalue weighted by atomic mass is 16.3. The molecule has 3 heteroatoms. The SMILES string of the molecule is CCc1nccn1C1CC(C)CCC1O. The van der Waals surface area contributed by atoms with Gasteiger partial charge >= 0.3 is 0 Å². The molecule has 0 aromatic carbocycles. The minimum absolute atomic E-state index is 0.194. The van der Waals surface area contributed by atoms with Crippen LogP contribution in [0.3, 0.4) is 0 Å². The van der Waals surface area contributed by atoms with Crippen LogP contribution in [0.15, 0.2) is 12.4 Å². The number of aliphatic hydroxyl groups excluding tert-OH is 1. The Morgan fingerprint density at radius 3 is 3.07 bits per heavy atom. The molecule has 3 atom stereocenters. The van der Waals surface area contributed by atoms with E-state index in [-0.39, 0.29) is 12.1 Å².